The fourth-order valence-electron chi connectivity index (χ4n) is 2.36. The molecular formula is C16H21NO. The van der Waals surface area contributed by atoms with Crippen molar-refractivity contribution in [2.24, 2.45) is 5.92 Å². The first-order valence-electron chi connectivity index (χ1n) is 6.85. The van der Waals surface area contributed by atoms with Crippen LogP contribution in [0.1, 0.15) is 37.7 Å². The van der Waals surface area contributed by atoms with Crippen molar-refractivity contribution in [3.05, 3.63) is 42.0 Å². The van der Waals surface area contributed by atoms with Crippen LogP contribution < -0.4 is 5.32 Å². The Morgan fingerprint density at radius 1 is 1.22 bits per heavy atom. The van der Waals surface area contributed by atoms with Crippen molar-refractivity contribution in [1.29, 1.82) is 0 Å². The minimum Gasteiger partial charge on any atom is -0.356 e. The van der Waals surface area contributed by atoms with Crippen molar-refractivity contribution in [3.8, 4) is 0 Å². The highest BCUT2D eigenvalue weighted by molar-refractivity contribution is 5.78. The molecule has 2 heteroatoms. The van der Waals surface area contributed by atoms with Crippen molar-refractivity contribution >= 4 is 12.0 Å². The maximum atomic E-state index is 11.7. The van der Waals surface area contributed by atoms with E-state index in [1.54, 1.807) is 0 Å². The fraction of sp³-hybridized carbons (Fsp3) is 0.438. The Bertz CT molecular complexity index is 397. The minimum absolute atomic E-state index is 0.216. The van der Waals surface area contributed by atoms with Crippen LogP contribution in [0.15, 0.2) is 36.4 Å². The molecule has 2 rings (SSSR count). The molecule has 18 heavy (non-hydrogen) atoms. The highest BCUT2D eigenvalue weighted by Crippen LogP contribution is 2.18. The molecule has 0 aliphatic carbocycles. The van der Waals surface area contributed by atoms with Gasteiger partial charge in [0.05, 0.1) is 0 Å². The number of amides is 1. The average Bonchev–Trinajstić information content (AvgIpc) is 2.61. The maximum Gasteiger partial charge on any atom is 0.223 e. The molecule has 2 nitrogen and oxygen atoms in total. The van der Waals surface area contributed by atoms with Gasteiger partial charge >= 0.3 is 0 Å². The predicted octanol–water partition coefficient (Wildman–Crippen LogP) is 3.40. The number of hydrogen-bond acceptors (Lipinski definition) is 1. The third kappa shape index (κ3) is 4.02. The Hall–Kier alpha value is -1.57. The third-order valence-corrected chi connectivity index (χ3v) is 3.44. The van der Waals surface area contributed by atoms with Crippen LogP contribution >= 0.6 is 0 Å². The average molecular weight is 243 g/mol. The Morgan fingerprint density at radius 3 is 2.89 bits per heavy atom. The molecule has 0 spiro atoms. The van der Waals surface area contributed by atoms with Gasteiger partial charge < -0.3 is 5.32 Å². The first-order chi connectivity index (χ1) is 8.86. The SMILES string of the molecule is O=C1NCCCCC1CC/C=C/c1ccccc1. The summed E-state index contributed by atoms with van der Waals surface area (Å²) in [7, 11) is 0. The van der Waals surface area contributed by atoms with Crippen molar-refractivity contribution in [1.82, 2.24) is 5.32 Å². The summed E-state index contributed by atoms with van der Waals surface area (Å²) in [5.41, 5.74) is 1.22. The van der Waals surface area contributed by atoms with E-state index in [9.17, 15) is 4.79 Å². The van der Waals surface area contributed by atoms with Crippen molar-refractivity contribution < 1.29 is 4.79 Å². The zero-order valence-corrected chi connectivity index (χ0v) is 10.8. The van der Waals surface area contributed by atoms with E-state index in [0.29, 0.717) is 0 Å². The monoisotopic (exact) mass is 243 g/mol. The van der Waals surface area contributed by atoms with Crippen LogP contribution in [0, 0.1) is 5.92 Å². The normalized spacial score (nSPS) is 20.7. The van der Waals surface area contributed by atoms with Crippen LogP contribution in [0.25, 0.3) is 6.08 Å². The van der Waals surface area contributed by atoms with Crippen LogP contribution in [0.2, 0.25) is 0 Å². The number of rotatable bonds is 4. The summed E-state index contributed by atoms with van der Waals surface area (Å²) in [6.45, 7) is 0.856. The van der Waals surface area contributed by atoms with Gasteiger partial charge in [0.25, 0.3) is 0 Å². The lowest BCUT2D eigenvalue weighted by Gasteiger charge is -2.10. The van der Waals surface area contributed by atoms with Gasteiger partial charge in [0.15, 0.2) is 0 Å². The number of allylic oxidation sites excluding steroid dienone is 1. The Morgan fingerprint density at radius 2 is 2.06 bits per heavy atom. The number of carbonyl (C=O) groups is 1. The summed E-state index contributed by atoms with van der Waals surface area (Å²) in [6.07, 6.45) is 9.60. The summed E-state index contributed by atoms with van der Waals surface area (Å²) >= 11 is 0. The smallest absolute Gasteiger partial charge is 0.223 e. The Labute approximate surface area is 109 Å². The van der Waals surface area contributed by atoms with Crippen molar-refractivity contribution in [3.63, 3.8) is 0 Å². The van der Waals surface area contributed by atoms with E-state index in [4.69, 9.17) is 0 Å². The lowest BCUT2D eigenvalue weighted by molar-refractivity contribution is -0.124. The van der Waals surface area contributed by atoms with Gasteiger partial charge in [-0.1, -0.05) is 48.9 Å². The van der Waals surface area contributed by atoms with Gasteiger partial charge in [0.1, 0.15) is 0 Å². The van der Waals surface area contributed by atoms with Gasteiger partial charge in [-0.25, -0.2) is 0 Å². The van der Waals surface area contributed by atoms with E-state index in [0.717, 1.165) is 32.2 Å². The maximum absolute atomic E-state index is 11.7. The van der Waals surface area contributed by atoms with E-state index < -0.39 is 0 Å². The molecule has 1 saturated heterocycles. The summed E-state index contributed by atoms with van der Waals surface area (Å²) < 4.78 is 0. The second-order valence-electron chi connectivity index (χ2n) is 4.87. The summed E-state index contributed by atoms with van der Waals surface area (Å²) in [6, 6.07) is 10.3. The van der Waals surface area contributed by atoms with Gasteiger partial charge in [-0.3, -0.25) is 4.79 Å². The standard InChI is InChI=1S/C16H21NO/c18-16-15(12-6-7-13-17-16)11-5-4-10-14-8-2-1-3-9-14/h1-4,8-10,15H,5-7,11-13H2,(H,17,18)/b10-4+. The van der Waals surface area contributed by atoms with E-state index in [1.165, 1.54) is 12.0 Å². The first-order valence-corrected chi connectivity index (χ1v) is 6.85. The topological polar surface area (TPSA) is 29.1 Å². The predicted molar refractivity (Wildman–Crippen MR) is 75.1 cm³/mol. The first kappa shape index (κ1) is 12.9. The summed E-state index contributed by atoms with van der Waals surface area (Å²) in [5, 5.41) is 2.99. The van der Waals surface area contributed by atoms with Crippen LogP contribution in [-0.2, 0) is 4.79 Å². The Balaban J connectivity index is 1.77. The van der Waals surface area contributed by atoms with Crippen molar-refractivity contribution in [2.75, 3.05) is 6.54 Å². The fourth-order valence-corrected chi connectivity index (χ4v) is 2.36. The van der Waals surface area contributed by atoms with Gasteiger partial charge in [0.2, 0.25) is 5.91 Å². The van der Waals surface area contributed by atoms with Crippen LogP contribution in [-0.4, -0.2) is 12.5 Å². The molecule has 1 aliphatic rings. The Kier molecular flexibility index (Phi) is 5.00. The van der Waals surface area contributed by atoms with Gasteiger partial charge in [-0.15, -0.1) is 0 Å². The number of nitrogens with one attached hydrogen (secondary N) is 1. The summed E-state index contributed by atoms with van der Waals surface area (Å²) in [5.74, 6) is 0.466. The number of benzene rings is 1. The molecule has 1 N–H and O–H groups in total. The largest absolute Gasteiger partial charge is 0.356 e. The van der Waals surface area contributed by atoms with Gasteiger partial charge in [0, 0.05) is 12.5 Å². The molecule has 1 aromatic rings. The highest BCUT2D eigenvalue weighted by atomic mass is 16.1. The summed E-state index contributed by atoms with van der Waals surface area (Å²) in [4.78, 5) is 11.7. The molecule has 1 unspecified atom stereocenters. The second-order valence-corrected chi connectivity index (χ2v) is 4.87. The van der Waals surface area contributed by atoms with E-state index in [2.05, 4.69) is 29.6 Å². The second kappa shape index (κ2) is 7.00. The zero-order chi connectivity index (χ0) is 12.6. The molecule has 96 valence electrons. The molecule has 0 saturated carbocycles. The van der Waals surface area contributed by atoms with Gasteiger partial charge in [-0.05, 0) is 31.2 Å². The molecule has 0 aromatic heterocycles. The van der Waals surface area contributed by atoms with Crippen LogP contribution in [0.5, 0.6) is 0 Å². The van der Waals surface area contributed by atoms with Gasteiger partial charge in [-0.2, -0.15) is 0 Å². The third-order valence-electron chi connectivity index (χ3n) is 3.44. The van der Waals surface area contributed by atoms with E-state index in [1.807, 2.05) is 18.2 Å². The molecule has 1 atom stereocenters. The molecule has 1 heterocycles. The lowest BCUT2D eigenvalue weighted by atomic mass is 9.97. The molecule has 1 aliphatic heterocycles. The molecule has 0 bridgehead atoms. The van der Waals surface area contributed by atoms with E-state index >= 15 is 0 Å². The molecule has 1 amide bonds. The molecule has 1 fully saturated rings. The van der Waals surface area contributed by atoms with Crippen LogP contribution in [0.3, 0.4) is 0 Å². The number of carbonyl (C=O) groups excluding carboxylic acids is 1. The minimum atomic E-state index is 0.216. The van der Waals surface area contributed by atoms with Crippen LogP contribution in [0.4, 0.5) is 0 Å². The lowest BCUT2D eigenvalue weighted by Crippen LogP contribution is -2.28. The molecular weight excluding hydrogens is 222 g/mol. The molecule has 0 radical (unpaired) electrons. The zero-order valence-electron chi connectivity index (χ0n) is 10.8. The number of hydrogen-bond donors (Lipinski definition) is 1. The molecule has 1 aromatic carbocycles. The highest BCUT2D eigenvalue weighted by Gasteiger charge is 2.19. The quantitative estimate of drug-likeness (QED) is 0.862. The van der Waals surface area contributed by atoms with Crippen molar-refractivity contribution in [2.45, 2.75) is 32.1 Å². The van der Waals surface area contributed by atoms with E-state index in [-0.39, 0.29) is 11.8 Å².